The molecular weight excluding hydrogens is 480 g/mol. The van der Waals surface area contributed by atoms with E-state index in [1.165, 1.54) is 11.1 Å². The van der Waals surface area contributed by atoms with E-state index in [1.54, 1.807) is 17.4 Å². The van der Waals surface area contributed by atoms with Crippen molar-refractivity contribution in [2.45, 2.75) is 25.6 Å². The molecule has 2 aromatic heterocycles. The van der Waals surface area contributed by atoms with Gasteiger partial charge in [-0.15, -0.1) is 11.3 Å². The van der Waals surface area contributed by atoms with Crippen molar-refractivity contribution in [1.82, 2.24) is 20.1 Å². The van der Waals surface area contributed by atoms with Gasteiger partial charge in [-0.2, -0.15) is 0 Å². The normalized spacial score (nSPS) is 15.5. The van der Waals surface area contributed by atoms with Crippen LogP contribution in [0.25, 0.3) is 0 Å². The molecule has 0 bridgehead atoms. The monoisotopic (exact) mass is 512 g/mol. The summed E-state index contributed by atoms with van der Waals surface area (Å²) in [6, 6.07) is 28.8. The van der Waals surface area contributed by atoms with Gasteiger partial charge >= 0.3 is 0 Å². The van der Waals surface area contributed by atoms with Crippen molar-refractivity contribution in [2.24, 2.45) is 0 Å². The number of carbonyl (C=O) groups is 1. The van der Waals surface area contributed by atoms with Crippen LogP contribution < -0.4 is 10.9 Å². The third kappa shape index (κ3) is 6.07. The molecule has 1 fully saturated rings. The molecule has 3 heterocycles. The van der Waals surface area contributed by atoms with E-state index in [1.807, 2.05) is 30.5 Å². The first-order valence-corrected chi connectivity index (χ1v) is 13.6. The number of hydrogen-bond donors (Lipinski definition) is 2. The van der Waals surface area contributed by atoms with E-state index in [9.17, 15) is 9.59 Å². The Morgan fingerprint density at radius 2 is 1.54 bits per heavy atom. The number of rotatable bonds is 8. The van der Waals surface area contributed by atoms with Crippen LogP contribution in [0.4, 0.5) is 0 Å². The van der Waals surface area contributed by atoms with E-state index >= 15 is 0 Å². The van der Waals surface area contributed by atoms with Crippen LogP contribution in [-0.4, -0.2) is 46.9 Å². The first-order chi connectivity index (χ1) is 18.1. The van der Waals surface area contributed by atoms with Gasteiger partial charge in [-0.3, -0.25) is 19.4 Å². The average molecular weight is 513 g/mol. The highest BCUT2D eigenvalue weighted by Gasteiger charge is 2.26. The molecule has 1 atom stereocenters. The molecule has 0 saturated carbocycles. The zero-order valence-corrected chi connectivity index (χ0v) is 21.8. The fourth-order valence-corrected chi connectivity index (χ4v) is 5.71. The van der Waals surface area contributed by atoms with E-state index in [4.69, 9.17) is 0 Å². The molecule has 1 aliphatic rings. The van der Waals surface area contributed by atoms with Crippen LogP contribution in [0.1, 0.15) is 51.1 Å². The number of piperazine rings is 1. The summed E-state index contributed by atoms with van der Waals surface area (Å²) in [6.07, 6.45) is 0. The largest absolute Gasteiger partial charge is 0.345 e. The molecule has 1 amide bonds. The van der Waals surface area contributed by atoms with Crippen LogP contribution in [-0.2, 0) is 6.54 Å². The molecule has 0 spiro atoms. The van der Waals surface area contributed by atoms with E-state index in [-0.39, 0.29) is 29.1 Å². The highest BCUT2D eigenvalue weighted by molar-refractivity contribution is 7.10. The van der Waals surface area contributed by atoms with Crippen molar-refractivity contribution in [3.8, 4) is 0 Å². The molecule has 0 unspecified atom stereocenters. The maximum atomic E-state index is 12.7. The van der Waals surface area contributed by atoms with Gasteiger partial charge in [-0.25, -0.2) is 0 Å². The summed E-state index contributed by atoms with van der Waals surface area (Å²) in [7, 11) is 0. The van der Waals surface area contributed by atoms with Crippen molar-refractivity contribution in [3.05, 3.63) is 128 Å². The molecule has 6 nitrogen and oxygen atoms in total. The molecule has 190 valence electrons. The number of nitrogens with one attached hydrogen (secondary N) is 2. The predicted octanol–water partition coefficient (Wildman–Crippen LogP) is 4.83. The molecule has 2 N–H and O–H groups in total. The van der Waals surface area contributed by atoms with Crippen molar-refractivity contribution >= 4 is 17.2 Å². The van der Waals surface area contributed by atoms with Crippen LogP contribution in [0.15, 0.2) is 95.1 Å². The molecule has 5 rings (SSSR count). The maximum Gasteiger partial charge on any atom is 0.261 e. The van der Waals surface area contributed by atoms with Gasteiger partial charge in [0, 0.05) is 43.3 Å². The number of H-pyrrole nitrogens is 1. The number of benzene rings is 2. The summed E-state index contributed by atoms with van der Waals surface area (Å²) in [4.78, 5) is 34.2. The van der Waals surface area contributed by atoms with Crippen LogP contribution in [0, 0.1) is 0 Å². The Kier molecular flexibility index (Phi) is 7.94. The van der Waals surface area contributed by atoms with Gasteiger partial charge in [0.15, 0.2) is 0 Å². The lowest BCUT2D eigenvalue weighted by atomic mass is 9.96. The van der Waals surface area contributed by atoms with Crippen molar-refractivity contribution in [3.63, 3.8) is 0 Å². The minimum atomic E-state index is -0.352. The lowest BCUT2D eigenvalue weighted by Crippen LogP contribution is -2.47. The maximum absolute atomic E-state index is 12.7. The van der Waals surface area contributed by atoms with Gasteiger partial charge < -0.3 is 10.3 Å². The lowest BCUT2D eigenvalue weighted by molar-refractivity contribution is 0.0938. The number of nitrogens with zero attached hydrogens (tertiary/aromatic N) is 2. The standard InChI is InChI=1S/C30H32N4O2S/c1-22(27-13-8-20-37-27)31-29(35)26-15-14-25(32-30(26)36)21-33-16-18-34(19-17-33)28(23-9-4-2-5-10-23)24-11-6-3-7-12-24/h2-15,20,22,28H,16-19,21H2,1H3,(H,31,35)(H,32,36)/t22-/m1/s1. The second-order valence-corrected chi connectivity index (χ2v) is 10.5. The fraction of sp³-hybridized carbons (Fsp3) is 0.267. The molecule has 0 radical (unpaired) electrons. The second kappa shape index (κ2) is 11.7. The summed E-state index contributed by atoms with van der Waals surface area (Å²) in [5.41, 5.74) is 3.22. The van der Waals surface area contributed by atoms with Gasteiger partial charge in [-0.1, -0.05) is 66.7 Å². The lowest BCUT2D eigenvalue weighted by Gasteiger charge is -2.39. The molecule has 4 aromatic rings. The Morgan fingerprint density at radius 3 is 2.11 bits per heavy atom. The molecule has 2 aromatic carbocycles. The van der Waals surface area contributed by atoms with Crippen LogP contribution in [0.5, 0.6) is 0 Å². The number of thiophene rings is 1. The number of pyridine rings is 1. The van der Waals surface area contributed by atoms with Crippen molar-refractivity contribution in [2.75, 3.05) is 26.2 Å². The summed E-state index contributed by atoms with van der Waals surface area (Å²) in [5.74, 6) is -0.352. The third-order valence-corrected chi connectivity index (χ3v) is 7.98. The highest BCUT2D eigenvalue weighted by Crippen LogP contribution is 2.29. The van der Waals surface area contributed by atoms with Gasteiger partial charge in [0.1, 0.15) is 5.56 Å². The molecular formula is C30H32N4O2S. The Hall–Kier alpha value is -3.52. The van der Waals surface area contributed by atoms with Crippen LogP contribution >= 0.6 is 11.3 Å². The number of hydrogen-bond acceptors (Lipinski definition) is 5. The topological polar surface area (TPSA) is 68.4 Å². The smallest absolute Gasteiger partial charge is 0.261 e. The van der Waals surface area contributed by atoms with Gasteiger partial charge in [0.05, 0.1) is 12.1 Å². The second-order valence-electron chi connectivity index (χ2n) is 9.47. The molecule has 7 heteroatoms. The van der Waals surface area contributed by atoms with E-state index < -0.39 is 0 Å². The molecule has 37 heavy (non-hydrogen) atoms. The minimum Gasteiger partial charge on any atom is -0.345 e. The number of aromatic amines is 1. The van der Waals surface area contributed by atoms with Gasteiger partial charge in [0.2, 0.25) is 0 Å². The number of amides is 1. The summed E-state index contributed by atoms with van der Waals surface area (Å²) < 4.78 is 0. The zero-order valence-electron chi connectivity index (χ0n) is 21.0. The molecule has 0 aliphatic carbocycles. The number of carbonyl (C=O) groups excluding carboxylic acids is 1. The molecule has 1 saturated heterocycles. The predicted molar refractivity (Wildman–Crippen MR) is 149 cm³/mol. The third-order valence-electron chi connectivity index (χ3n) is 6.93. The summed E-state index contributed by atoms with van der Waals surface area (Å²) in [5, 5.41) is 4.89. The van der Waals surface area contributed by atoms with Crippen molar-refractivity contribution < 1.29 is 4.79 Å². The quantitative estimate of drug-likeness (QED) is 0.355. The first-order valence-electron chi connectivity index (χ1n) is 12.7. The van der Waals surface area contributed by atoms with Gasteiger partial charge in [0.25, 0.3) is 11.5 Å². The van der Waals surface area contributed by atoms with Crippen molar-refractivity contribution in [1.29, 1.82) is 0 Å². The minimum absolute atomic E-state index is 0.140. The summed E-state index contributed by atoms with van der Waals surface area (Å²) in [6.45, 7) is 6.24. The SMILES string of the molecule is C[C@@H](NC(=O)c1ccc(CN2CCN(C(c3ccccc3)c3ccccc3)CC2)[nH]c1=O)c1cccs1. The average Bonchev–Trinajstić information content (AvgIpc) is 3.47. The Balaban J connectivity index is 1.21. The molecule has 1 aliphatic heterocycles. The number of aromatic nitrogens is 1. The zero-order chi connectivity index (χ0) is 25.6. The highest BCUT2D eigenvalue weighted by atomic mass is 32.1. The Morgan fingerprint density at radius 1 is 0.892 bits per heavy atom. The Labute approximate surface area is 221 Å². The van der Waals surface area contributed by atoms with E-state index in [2.05, 4.69) is 80.8 Å². The van der Waals surface area contributed by atoms with E-state index in [0.717, 1.165) is 36.8 Å². The summed E-state index contributed by atoms with van der Waals surface area (Å²) >= 11 is 1.58. The van der Waals surface area contributed by atoms with Crippen LogP contribution in [0.2, 0.25) is 0 Å². The fourth-order valence-electron chi connectivity index (χ4n) is 4.97. The van der Waals surface area contributed by atoms with Crippen LogP contribution in [0.3, 0.4) is 0 Å². The van der Waals surface area contributed by atoms with E-state index in [0.29, 0.717) is 6.54 Å². The Bertz CT molecular complexity index is 1310. The first kappa shape index (κ1) is 25.1. The van der Waals surface area contributed by atoms with Gasteiger partial charge in [-0.05, 0) is 41.6 Å².